The third kappa shape index (κ3) is 2.85. The van der Waals surface area contributed by atoms with E-state index in [1.165, 1.54) is 17.4 Å². The molecular formula is C14H7Cl3N2OS. The Morgan fingerprint density at radius 3 is 2.67 bits per heavy atom. The summed E-state index contributed by atoms with van der Waals surface area (Å²) in [5.41, 5.74) is 3.35. The number of nitrogens with zero attached hydrogens (tertiary/aromatic N) is 1. The molecule has 1 N–H and O–H groups in total. The molecule has 1 heterocycles. The van der Waals surface area contributed by atoms with Gasteiger partial charge < -0.3 is 5.32 Å². The maximum atomic E-state index is 12.3. The molecule has 2 aromatic carbocycles. The second-order valence-electron chi connectivity index (χ2n) is 4.20. The first-order valence-electron chi connectivity index (χ1n) is 5.84. The lowest BCUT2D eigenvalue weighted by Gasteiger charge is -2.08. The van der Waals surface area contributed by atoms with Crippen LogP contribution in [0.3, 0.4) is 0 Å². The van der Waals surface area contributed by atoms with Gasteiger partial charge >= 0.3 is 0 Å². The first-order chi connectivity index (χ1) is 10.1. The molecule has 7 heteroatoms. The average Bonchev–Trinajstić information content (AvgIpc) is 2.92. The molecule has 3 rings (SSSR count). The molecule has 1 aromatic heterocycles. The minimum absolute atomic E-state index is 0.300. The van der Waals surface area contributed by atoms with Gasteiger partial charge in [0.15, 0.2) is 0 Å². The largest absolute Gasteiger partial charge is 0.321 e. The summed E-state index contributed by atoms with van der Waals surface area (Å²) in [4.78, 5) is 16.5. The van der Waals surface area contributed by atoms with Gasteiger partial charge in [-0.2, -0.15) is 0 Å². The van der Waals surface area contributed by atoms with E-state index in [1.807, 2.05) is 0 Å². The maximum absolute atomic E-state index is 12.3. The van der Waals surface area contributed by atoms with E-state index in [9.17, 15) is 4.79 Å². The Kier molecular flexibility index (Phi) is 4.04. The van der Waals surface area contributed by atoms with E-state index in [0.717, 1.165) is 4.70 Å². The highest BCUT2D eigenvalue weighted by Gasteiger charge is 2.14. The molecule has 0 aliphatic heterocycles. The van der Waals surface area contributed by atoms with Gasteiger partial charge in [0, 0.05) is 5.02 Å². The quantitative estimate of drug-likeness (QED) is 0.657. The molecule has 3 nitrogen and oxygen atoms in total. The van der Waals surface area contributed by atoms with Gasteiger partial charge in [0.05, 0.1) is 31.5 Å². The van der Waals surface area contributed by atoms with Crippen molar-refractivity contribution in [3.63, 3.8) is 0 Å². The Hall–Kier alpha value is -1.33. The van der Waals surface area contributed by atoms with E-state index >= 15 is 0 Å². The molecule has 0 fully saturated rings. The van der Waals surface area contributed by atoms with Crippen LogP contribution in [0.4, 0.5) is 5.69 Å². The number of fused-ring (bicyclic) bond motifs is 1. The van der Waals surface area contributed by atoms with Gasteiger partial charge in [-0.1, -0.05) is 34.8 Å². The number of halogens is 3. The number of thiazole rings is 1. The van der Waals surface area contributed by atoms with Crippen molar-refractivity contribution in [2.75, 3.05) is 5.32 Å². The number of carbonyl (C=O) groups excluding carboxylic acids is 1. The summed E-state index contributed by atoms with van der Waals surface area (Å²) < 4.78 is 0.820. The highest BCUT2D eigenvalue weighted by molar-refractivity contribution is 7.17. The lowest BCUT2D eigenvalue weighted by atomic mass is 10.2. The third-order valence-electron chi connectivity index (χ3n) is 2.86. The number of amides is 1. The van der Waals surface area contributed by atoms with Gasteiger partial charge in [-0.05, 0) is 30.3 Å². The smallest absolute Gasteiger partial charge is 0.257 e. The molecular weight excluding hydrogens is 351 g/mol. The first-order valence-corrected chi connectivity index (χ1v) is 7.85. The monoisotopic (exact) mass is 356 g/mol. The lowest BCUT2D eigenvalue weighted by molar-refractivity contribution is 0.102. The van der Waals surface area contributed by atoms with Gasteiger partial charge in [0.25, 0.3) is 5.91 Å². The predicted molar refractivity (Wildman–Crippen MR) is 89.0 cm³/mol. The molecule has 0 atom stereocenters. The second kappa shape index (κ2) is 5.81. The van der Waals surface area contributed by atoms with Gasteiger partial charge in [0.2, 0.25) is 0 Å². The predicted octanol–water partition coefficient (Wildman–Crippen LogP) is 5.51. The fraction of sp³-hybridized carbons (Fsp3) is 0. The molecule has 3 aromatic rings. The Labute approximate surface area is 139 Å². The van der Waals surface area contributed by atoms with Crippen LogP contribution in [0.2, 0.25) is 15.1 Å². The molecule has 0 radical (unpaired) electrons. The summed E-state index contributed by atoms with van der Waals surface area (Å²) in [5, 5.41) is 4.15. The van der Waals surface area contributed by atoms with E-state index < -0.39 is 0 Å². The number of carbonyl (C=O) groups is 1. The number of hydrogen-bond acceptors (Lipinski definition) is 3. The molecule has 1 amide bonds. The van der Waals surface area contributed by atoms with Crippen molar-refractivity contribution in [2.24, 2.45) is 0 Å². The van der Waals surface area contributed by atoms with Crippen LogP contribution in [-0.4, -0.2) is 10.9 Å². The summed E-state index contributed by atoms with van der Waals surface area (Å²) >= 11 is 19.3. The van der Waals surface area contributed by atoms with Crippen LogP contribution < -0.4 is 5.32 Å². The minimum Gasteiger partial charge on any atom is -0.321 e. The Morgan fingerprint density at radius 2 is 1.90 bits per heavy atom. The Morgan fingerprint density at radius 1 is 1.10 bits per heavy atom. The van der Waals surface area contributed by atoms with E-state index in [2.05, 4.69) is 10.3 Å². The van der Waals surface area contributed by atoms with Crippen LogP contribution in [0, 0.1) is 0 Å². The maximum Gasteiger partial charge on any atom is 0.257 e. The number of benzene rings is 2. The molecule has 0 bridgehead atoms. The molecule has 0 aliphatic rings. The number of hydrogen-bond donors (Lipinski definition) is 1. The van der Waals surface area contributed by atoms with Crippen molar-refractivity contribution in [3.8, 4) is 0 Å². The standard InChI is InChI=1S/C14H7Cl3N2OS/c15-7-1-2-8(10(17)5-7)14(20)19-11-4-3-9(16)12-13(11)21-6-18-12/h1-6H,(H,19,20). The van der Waals surface area contributed by atoms with Crippen molar-refractivity contribution in [1.29, 1.82) is 0 Å². The first kappa shape index (κ1) is 14.6. The van der Waals surface area contributed by atoms with Gasteiger partial charge in [-0.15, -0.1) is 11.3 Å². The van der Waals surface area contributed by atoms with Gasteiger partial charge in [-0.25, -0.2) is 4.98 Å². The van der Waals surface area contributed by atoms with E-state index in [0.29, 0.717) is 31.8 Å². The highest BCUT2D eigenvalue weighted by atomic mass is 35.5. The number of rotatable bonds is 2. The van der Waals surface area contributed by atoms with Crippen LogP contribution in [0.1, 0.15) is 10.4 Å². The van der Waals surface area contributed by atoms with Crippen LogP contribution in [0.5, 0.6) is 0 Å². The zero-order chi connectivity index (χ0) is 15.0. The number of anilines is 1. The molecule has 0 saturated heterocycles. The van der Waals surface area contributed by atoms with E-state index in [1.54, 1.807) is 29.8 Å². The molecule has 0 aliphatic carbocycles. The molecule has 0 unspecified atom stereocenters. The van der Waals surface area contributed by atoms with Crippen molar-refractivity contribution in [2.45, 2.75) is 0 Å². The van der Waals surface area contributed by atoms with E-state index in [4.69, 9.17) is 34.8 Å². The van der Waals surface area contributed by atoms with Gasteiger partial charge in [0.1, 0.15) is 5.52 Å². The zero-order valence-corrected chi connectivity index (χ0v) is 13.4. The summed E-state index contributed by atoms with van der Waals surface area (Å²) in [6.07, 6.45) is 0. The topological polar surface area (TPSA) is 42.0 Å². The molecule has 0 saturated carbocycles. The summed E-state index contributed by atoms with van der Waals surface area (Å²) in [6, 6.07) is 8.17. The van der Waals surface area contributed by atoms with Crippen LogP contribution in [0.25, 0.3) is 10.2 Å². The molecule has 21 heavy (non-hydrogen) atoms. The fourth-order valence-corrected chi connectivity index (χ4v) is 3.42. The number of aromatic nitrogens is 1. The fourth-order valence-electron chi connectivity index (χ4n) is 1.88. The molecule has 106 valence electrons. The average molecular weight is 358 g/mol. The van der Waals surface area contributed by atoms with E-state index in [-0.39, 0.29) is 5.91 Å². The van der Waals surface area contributed by atoms with Crippen LogP contribution in [0.15, 0.2) is 35.8 Å². The molecule has 0 spiro atoms. The van der Waals surface area contributed by atoms with Crippen LogP contribution in [-0.2, 0) is 0 Å². The summed E-state index contributed by atoms with van der Waals surface area (Å²) in [6.45, 7) is 0. The Bertz CT molecular complexity index is 847. The van der Waals surface area contributed by atoms with Crippen molar-refractivity contribution in [1.82, 2.24) is 4.98 Å². The highest BCUT2D eigenvalue weighted by Crippen LogP contribution is 2.32. The Balaban J connectivity index is 1.97. The zero-order valence-electron chi connectivity index (χ0n) is 10.4. The SMILES string of the molecule is O=C(Nc1ccc(Cl)c2ncsc12)c1ccc(Cl)cc1Cl. The summed E-state index contributed by atoms with van der Waals surface area (Å²) in [5.74, 6) is -0.311. The number of nitrogens with one attached hydrogen (secondary N) is 1. The van der Waals surface area contributed by atoms with Gasteiger partial charge in [-0.3, -0.25) is 4.79 Å². The normalized spacial score (nSPS) is 10.8. The third-order valence-corrected chi connectivity index (χ3v) is 4.57. The van der Waals surface area contributed by atoms with Crippen molar-refractivity contribution >= 4 is 68.0 Å². The lowest BCUT2D eigenvalue weighted by Crippen LogP contribution is -2.12. The van der Waals surface area contributed by atoms with Crippen molar-refractivity contribution in [3.05, 3.63) is 56.5 Å². The van der Waals surface area contributed by atoms with Crippen molar-refractivity contribution < 1.29 is 4.79 Å². The van der Waals surface area contributed by atoms with Crippen LogP contribution >= 0.6 is 46.1 Å². The minimum atomic E-state index is -0.311. The second-order valence-corrected chi connectivity index (χ2v) is 6.31. The summed E-state index contributed by atoms with van der Waals surface area (Å²) in [7, 11) is 0.